The maximum Gasteiger partial charge on any atom is 0.337 e. The van der Waals surface area contributed by atoms with Gasteiger partial charge in [-0.05, 0) is 24.3 Å². The number of hydrogen-bond donors (Lipinski definition) is 2. The van der Waals surface area contributed by atoms with E-state index in [0.29, 0.717) is 5.69 Å². The minimum atomic E-state index is -1.09. The third kappa shape index (κ3) is 3.33. The number of nitrogens with two attached hydrogens (primary N) is 1. The minimum absolute atomic E-state index is 0.00612. The molecule has 0 saturated carbocycles. The highest BCUT2D eigenvalue weighted by molar-refractivity contribution is 5.95. The van der Waals surface area contributed by atoms with Gasteiger partial charge in [-0.2, -0.15) is 0 Å². The number of amides is 1. The minimum Gasteiger partial charge on any atom is -0.486 e. The Balaban J connectivity index is 2.15. The van der Waals surface area contributed by atoms with Crippen molar-refractivity contribution in [3.8, 4) is 5.75 Å². The fourth-order valence-electron chi connectivity index (χ4n) is 1.65. The molecule has 1 aromatic heterocycles. The average Bonchev–Trinajstić information content (AvgIpc) is 2.45. The number of primary amides is 1. The largest absolute Gasteiger partial charge is 0.486 e. The number of carbonyl (C=O) groups is 2. The lowest BCUT2D eigenvalue weighted by atomic mass is 10.2. The Bertz CT molecular complexity index is 686. The van der Waals surface area contributed by atoms with Crippen molar-refractivity contribution in [3.05, 3.63) is 59.2 Å². The second kappa shape index (κ2) is 6.00. The predicted molar refractivity (Wildman–Crippen MR) is 70.4 cm³/mol. The summed E-state index contributed by atoms with van der Waals surface area (Å²) in [7, 11) is 0. The Hall–Kier alpha value is -2.96. The van der Waals surface area contributed by atoms with Crippen molar-refractivity contribution in [2.45, 2.75) is 6.61 Å². The van der Waals surface area contributed by atoms with Gasteiger partial charge in [0.2, 0.25) is 0 Å². The molecule has 0 atom stereocenters. The van der Waals surface area contributed by atoms with Gasteiger partial charge in [0, 0.05) is 6.20 Å². The smallest absolute Gasteiger partial charge is 0.337 e. The molecule has 0 saturated heterocycles. The van der Waals surface area contributed by atoms with E-state index in [2.05, 4.69) is 4.98 Å². The Morgan fingerprint density at radius 1 is 1.29 bits per heavy atom. The van der Waals surface area contributed by atoms with E-state index in [1.165, 1.54) is 30.5 Å². The van der Waals surface area contributed by atoms with E-state index in [-0.39, 0.29) is 23.5 Å². The second-order valence-electron chi connectivity index (χ2n) is 4.11. The van der Waals surface area contributed by atoms with Gasteiger partial charge in [-0.15, -0.1) is 0 Å². The first-order chi connectivity index (χ1) is 9.99. The topological polar surface area (TPSA) is 103 Å². The number of pyridine rings is 1. The van der Waals surface area contributed by atoms with Gasteiger partial charge in [-0.3, -0.25) is 9.78 Å². The second-order valence-corrected chi connectivity index (χ2v) is 4.11. The highest BCUT2D eigenvalue weighted by Crippen LogP contribution is 2.21. The highest BCUT2D eigenvalue weighted by Gasteiger charge is 2.15. The molecule has 3 N–H and O–H groups in total. The number of halogens is 1. The lowest BCUT2D eigenvalue weighted by Gasteiger charge is -2.09. The van der Waals surface area contributed by atoms with Crippen molar-refractivity contribution in [1.82, 2.24) is 4.98 Å². The number of hydrogen-bond acceptors (Lipinski definition) is 4. The molecule has 0 unspecified atom stereocenters. The van der Waals surface area contributed by atoms with Gasteiger partial charge in [0.25, 0.3) is 5.91 Å². The van der Waals surface area contributed by atoms with Gasteiger partial charge in [0.1, 0.15) is 23.7 Å². The van der Waals surface area contributed by atoms with Crippen LogP contribution in [-0.2, 0) is 6.61 Å². The molecule has 2 rings (SSSR count). The summed E-state index contributed by atoms with van der Waals surface area (Å²) >= 11 is 0. The molecule has 21 heavy (non-hydrogen) atoms. The van der Waals surface area contributed by atoms with E-state index in [0.717, 1.165) is 6.07 Å². The van der Waals surface area contributed by atoms with Crippen molar-refractivity contribution < 1.29 is 23.8 Å². The van der Waals surface area contributed by atoms with Gasteiger partial charge in [-0.1, -0.05) is 6.07 Å². The van der Waals surface area contributed by atoms with Crippen molar-refractivity contribution >= 4 is 11.9 Å². The monoisotopic (exact) mass is 290 g/mol. The van der Waals surface area contributed by atoms with Crippen molar-refractivity contribution in [3.63, 3.8) is 0 Å². The van der Waals surface area contributed by atoms with E-state index in [1.807, 2.05) is 0 Å². The van der Waals surface area contributed by atoms with Crippen LogP contribution in [0.3, 0.4) is 0 Å². The van der Waals surface area contributed by atoms with E-state index in [9.17, 15) is 14.0 Å². The molecule has 2 aromatic rings. The molecule has 1 aromatic carbocycles. The SMILES string of the molecule is NC(=O)c1c(F)cccc1OCc1ccc(C(=O)O)cn1. The summed E-state index contributed by atoms with van der Waals surface area (Å²) in [5, 5.41) is 8.75. The van der Waals surface area contributed by atoms with Gasteiger partial charge in [0.15, 0.2) is 0 Å². The summed E-state index contributed by atoms with van der Waals surface area (Å²) in [5.41, 5.74) is 5.24. The van der Waals surface area contributed by atoms with Crippen LogP contribution in [0.25, 0.3) is 0 Å². The van der Waals surface area contributed by atoms with E-state index >= 15 is 0 Å². The number of carbonyl (C=O) groups excluding carboxylic acids is 1. The molecular weight excluding hydrogens is 279 g/mol. The molecule has 0 aliphatic carbocycles. The first-order valence-electron chi connectivity index (χ1n) is 5.88. The number of benzene rings is 1. The molecular formula is C14H11FN2O4. The number of ether oxygens (including phenoxy) is 1. The van der Waals surface area contributed by atoms with Crippen molar-refractivity contribution in [1.29, 1.82) is 0 Å². The number of aromatic carboxylic acids is 1. The Labute approximate surface area is 119 Å². The van der Waals surface area contributed by atoms with Gasteiger partial charge in [0.05, 0.1) is 11.3 Å². The molecule has 0 spiro atoms. The summed E-state index contributed by atoms with van der Waals surface area (Å²) in [6.07, 6.45) is 1.18. The zero-order valence-electron chi connectivity index (χ0n) is 10.7. The van der Waals surface area contributed by atoms with Gasteiger partial charge < -0.3 is 15.6 Å². The first kappa shape index (κ1) is 14.4. The number of nitrogens with zero attached hydrogens (tertiary/aromatic N) is 1. The zero-order valence-corrected chi connectivity index (χ0v) is 10.7. The predicted octanol–water partition coefficient (Wildman–Crippen LogP) is 1.60. The molecule has 1 heterocycles. The van der Waals surface area contributed by atoms with Crippen LogP contribution < -0.4 is 10.5 Å². The van der Waals surface area contributed by atoms with E-state index in [1.54, 1.807) is 0 Å². The third-order valence-electron chi connectivity index (χ3n) is 2.67. The van der Waals surface area contributed by atoms with E-state index < -0.39 is 17.7 Å². The lowest BCUT2D eigenvalue weighted by Crippen LogP contribution is -2.15. The Morgan fingerprint density at radius 3 is 2.62 bits per heavy atom. The molecule has 1 amide bonds. The van der Waals surface area contributed by atoms with E-state index in [4.69, 9.17) is 15.6 Å². The number of carboxylic acid groups (broad SMARTS) is 1. The summed E-state index contributed by atoms with van der Waals surface area (Å²) < 4.78 is 18.8. The quantitative estimate of drug-likeness (QED) is 0.870. The van der Waals surface area contributed by atoms with Crippen LogP contribution in [0.2, 0.25) is 0 Å². The zero-order chi connectivity index (χ0) is 15.4. The Kier molecular flexibility index (Phi) is 4.13. The molecule has 0 bridgehead atoms. The van der Waals surface area contributed by atoms with Crippen LogP contribution in [0.4, 0.5) is 4.39 Å². The molecule has 0 radical (unpaired) electrons. The summed E-state index contributed by atoms with van der Waals surface area (Å²) in [6.45, 7) is -0.0520. The highest BCUT2D eigenvalue weighted by atomic mass is 19.1. The maximum atomic E-state index is 13.5. The van der Waals surface area contributed by atoms with Crippen molar-refractivity contribution in [2.75, 3.05) is 0 Å². The number of aromatic nitrogens is 1. The fourth-order valence-corrected chi connectivity index (χ4v) is 1.65. The molecule has 0 aliphatic rings. The fraction of sp³-hybridized carbons (Fsp3) is 0.0714. The summed E-state index contributed by atoms with van der Waals surface area (Å²) in [6, 6.07) is 6.74. The average molecular weight is 290 g/mol. The van der Waals surface area contributed by atoms with Gasteiger partial charge >= 0.3 is 5.97 Å². The molecule has 0 fully saturated rings. The van der Waals surface area contributed by atoms with Crippen LogP contribution >= 0.6 is 0 Å². The van der Waals surface area contributed by atoms with Crippen LogP contribution in [-0.4, -0.2) is 22.0 Å². The Morgan fingerprint density at radius 2 is 2.05 bits per heavy atom. The van der Waals surface area contributed by atoms with Crippen molar-refractivity contribution in [2.24, 2.45) is 5.73 Å². The normalized spacial score (nSPS) is 10.1. The van der Waals surface area contributed by atoms with Crippen LogP contribution in [0.15, 0.2) is 36.5 Å². The third-order valence-corrected chi connectivity index (χ3v) is 2.67. The molecule has 6 nitrogen and oxygen atoms in total. The van der Waals surface area contributed by atoms with Gasteiger partial charge in [-0.25, -0.2) is 9.18 Å². The first-order valence-corrected chi connectivity index (χ1v) is 5.88. The number of carboxylic acids is 1. The number of rotatable bonds is 5. The lowest BCUT2D eigenvalue weighted by molar-refractivity contribution is 0.0696. The molecule has 7 heteroatoms. The standard InChI is InChI=1S/C14H11FN2O4/c15-10-2-1-3-11(12(10)13(16)18)21-7-9-5-4-8(6-17-9)14(19)20/h1-6H,7H2,(H2,16,18)(H,19,20). The summed E-state index contributed by atoms with van der Waals surface area (Å²) in [5.74, 6) is -2.78. The molecule has 108 valence electrons. The van der Waals surface area contributed by atoms with Crippen LogP contribution in [0.5, 0.6) is 5.75 Å². The maximum absolute atomic E-state index is 13.5. The van der Waals surface area contributed by atoms with Crippen LogP contribution in [0, 0.1) is 5.82 Å². The summed E-state index contributed by atoms with van der Waals surface area (Å²) in [4.78, 5) is 25.8. The molecule has 0 aliphatic heterocycles. The van der Waals surface area contributed by atoms with Crippen LogP contribution in [0.1, 0.15) is 26.4 Å².